The second-order valence-corrected chi connectivity index (χ2v) is 11.1. The highest BCUT2D eigenvalue weighted by molar-refractivity contribution is 5.89. The zero-order chi connectivity index (χ0) is 26.6. The number of anilines is 2. The third kappa shape index (κ3) is 5.30. The van der Waals surface area contributed by atoms with Crippen LogP contribution >= 0.6 is 0 Å². The molecule has 0 fully saturated rings. The van der Waals surface area contributed by atoms with Gasteiger partial charge in [0.25, 0.3) is 0 Å². The molecule has 8 rings (SSSR count). The van der Waals surface area contributed by atoms with Crippen molar-refractivity contribution < 1.29 is 0 Å². The van der Waals surface area contributed by atoms with Gasteiger partial charge in [-0.25, -0.2) is 5.01 Å². The molecule has 5 heterocycles. The van der Waals surface area contributed by atoms with Crippen LogP contribution in [0.15, 0.2) is 72.0 Å². The standard InChI is InChI=1S/C15H18N2.C9H10N2O.C9H11N/c1-16-9-7-14-13(10-16)12-6-2-4-11-5-3-8-17(14)15(11)12;12-10-11-7-3-5-8-4-1-2-6-9(8)11;1-2-6-9-8(4-1)5-3-7-10-9/h2,4,6H,3,5,7-10H2,1H3;1-2,4,6H,3,5,7H2;1-2,4,6,10H,3,5,7H2. The summed E-state index contributed by atoms with van der Waals surface area (Å²) in [7, 11) is 2.23. The molecule has 202 valence electrons. The van der Waals surface area contributed by atoms with Crippen molar-refractivity contribution in [3.05, 3.63) is 99.6 Å². The number of nitrogens with one attached hydrogen (secondary N) is 1. The summed E-state index contributed by atoms with van der Waals surface area (Å²) in [5.74, 6) is 0. The molecule has 0 saturated heterocycles. The fourth-order valence-electron chi connectivity index (χ4n) is 6.60. The molecule has 0 aliphatic carbocycles. The van der Waals surface area contributed by atoms with Gasteiger partial charge in [0.15, 0.2) is 0 Å². The summed E-state index contributed by atoms with van der Waals surface area (Å²) in [6, 6.07) is 23.3. The lowest BCUT2D eigenvalue weighted by atomic mass is 10.0. The van der Waals surface area contributed by atoms with E-state index in [1.165, 1.54) is 72.4 Å². The Balaban J connectivity index is 0.000000111. The van der Waals surface area contributed by atoms with Gasteiger partial charge in [0.1, 0.15) is 0 Å². The first-order valence-electron chi connectivity index (χ1n) is 14.5. The van der Waals surface area contributed by atoms with E-state index >= 15 is 0 Å². The topological polar surface area (TPSA) is 52.9 Å². The maximum absolute atomic E-state index is 10.4. The van der Waals surface area contributed by atoms with Gasteiger partial charge in [-0.2, -0.15) is 0 Å². The van der Waals surface area contributed by atoms with Crippen molar-refractivity contribution in [3.63, 3.8) is 0 Å². The molecular weight excluding hydrogens is 482 g/mol. The van der Waals surface area contributed by atoms with Crippen molar-refractivity contribution in [3.8, 4) is 0 Å². The van der Waals surface area contributed by atoms with Crippen LogP contribution < -0.4 is 10.3 Å². The number of fused-ring (bicyclic) bond motifs is 5. The predicted octanol–water partition coefficient (Wildman–Crippen LogP) is 6.74. The molecule has 39 heavy (non-hydrogen) atoms. The Bertz CT molecular complexity index is 1430. The molecule has 0 atom stereocenters. The second-order valence-electron chi connectivity index (χ2n) is 11.1. The maximum Gasteiger partial charge on any atom is 0.0658 e. The van der Waals surface area contributed by atoms with Crippen molar-refractivity contribution in [1.29, 1.82) is 0 Å². The quantitative estimate of drug-likeness (QED) is 0.282. The van der Waals surface area contributed by atoms with Crippen LogP contribution in [0.3, 0.4) is 0 Å². The number of aryl methyl sites for hydroxylation is 4. The first kappa shape index (κ1) is 25.6. The van der Waals surface area contributed by atoms with E-state index in [0.717, 1.165) is 38.2 Å². The van der Waals surface area contributed by atoms with Crippen LogP contribution in [0, 0.1) is 4.91 Å². The van der Waals surface area contributed by atoms with Crippen LogP contribution in [0.1, 0.15) is 47.2 Å². The fourth-order valence-corrected chi connectivity index (χ4v) is 6.60. The Morgan fingerprint density at radius 3 is 2.36 bits per heavy atom. The van der Waals surface area contributed by atoms with Crippen molar-refractivity contribution in [2.45, 2.75) is 58.0 Å². The SMILES string of the molecule is CN1CCc2c(c3cccc4c3n2CCC4)C1.O=NN1CCCc2ccccc21.c1ccc2c(c1)CCCN2. The maximum atomic E-state index is 10.4. The molecular formula is C33H39N5O. The lowest BCUT2D eigenvalue weighted by molar-refractivity contribution is 0.309. The summed E-state index contributed by atoms with van der Waals surface area (Å²) in [6.07, 6.45) is 8.38. The monoisotopic (exact) mass is 521 g/mol. The predicted molar refractivity (Wildman–Crippen MR) is 161 cm³/mol. The molecule has 0 unspecified atom stereocenters. The van der Waals surface area contributed by atoms with E-state index in [0.29, 0.717) is 0 Å². The summed E-state index contributed by atoms with van der Waals surface area (Å²) in [6.45, 7) is 5.45. The Labute approximate surface area is 231 Å². The Hall–Kier alpha value is -3.64. The first-order valence-corrected chi connectivity index (χ1v) is 14.5. The summed E-state index contributed by atoms with van der Waals surface area (Å²) < 4.78 is 2.61. The average Bonchev–Trinajstić information content (AvgIpc) is 3.32. The molecule has 4 aliphatic heterocycles. The Morgan fingerprint density at radius 2 is 1.49 bits per heavy atom. The number of aromatic nitrogens is 1. The van der Waals surface area contributed by atoms with Crippen LogP contribution in [0.2, 0.25) is 0 Å². The van der Waals surface area contributed by atoms with Gasteiger partial charge in [-0.15, -0.1) is 4.91 Å². The molecule has 3 aromatic carbocycles. The average molecular weight is 522 g/mol. The van der Waals surface area contributed by atoms with E-state index in [9.17, 15) is 4.91 Å². The van der Waals surface area contributed by atoms with Gasteiger partial charge in [-0.1, -0.05) is 54.6 Å². The molecule has 1 N–H and O–H groups in total. The minimum atomic E-state index is 0.751. The van der Waals surface area contributed by atoms with Gasteiger partial charge in [0.05, 0.1) is 16.5 Å². The van der Waals surface area contributed by atoms with Crippen molar-refractivity contribution >= 4 is 22.3 Å². The van der Waals surface area contributed by atoms with E-state index < -0.39 is 0 Å². The zero-order valence-electron chi connectivity index (χ0n) is 23.0. The molecule has 6 nitrogen and oxygen atoms in total. The number of rotatable bonds is 1. The molecule has 4 aliphatic rings. The molecule has 0 amide bonds. The highest BCUT2D eigenvalue weighted by Gasteiger charge is 2.25. The van der Waals surface area contributed by atoms with E-state index in [1.807, 2.05) is 24.3 Å². The molecule has 4 aromatic rings. The van der Waals surface area contributed by atoms with Crippen molar-refractivity contribution in [2.24, 2.45) is 5.29 Å². The minimum Gasteiger partial charge on any atom is -0.385 e. The van der Waals surface area contributed by atoms with Crippen LogP contribution in [-0.2, 0) is 38.8 Å². The Morgan fingerprint density at radius 1 is 0.744 bits per heavy atom. The lowest BCUT2D eigenvalue weighted by Crippen LogP contribution is -2.27. The van der Waals surface area contributed by atoms with E-state index in [-0.39, 0.29) is 0 Å². The smallest absolute Gasteiger partial charge is 0.0658 e. The molecule has 0 bridgehead atoms. The molecule has 1 aromatic heterocycles. The summed E-state index contributed by atoms with van der Waals surface area (Å²) >= 11 is 0. The number of hydrogen-bond donors (Lipinski definition) is 1. The third-order valence-electron chi connectivity index (χ3n) is 8.51. The number of para-hydroxylation sites is 3. The van der Waals surface area contributed by atoms with Gasteiger partial charge >= 0.3 is 0 Å². The molecule has 0 spiro atoms. The van der Waals surface area contributed by atoms with Crippen LogP contribution in [0.25, 0.3) is 10.9 Å². The van der Waals surface area contributed by atoms with Gasteiger partial charge < -0.3 is 14.8 Å². The first-order chi connectivity index (χ1) is 19.2. The largest absolute Gasteiger partial charge is 0.385 e. The zero-order valence-corrected chi connectivity index (χ0v) is 23.0. The summed E-state index contributed by atoms with van der Waals surface area (Å²) in [5.41, 5.74) is 11.3. The van der Waals surface area contributed by atoms with E-state index in [1.54, 1.807) is 22.3 Å². The second kappa shape index (κ2) is 11.6. The van der Waals surface area contributed by atoms with Gasteiger partial charge in [0.2, 0.25) is 0 Å². The van der Waals surface area contributed by atoms with E-state index in [2.05, 4.69) is 69.6 Å². The number of nitroso groups, excluding NO2 is 1. The van der Waals surface area contributed by atoms with Gasteiger partial charge in [-0.05, 0) is 80.0 Å². The number of hydrogen-bond acceptors (Lipinski definition) is 4. The molecule has 0 saturated carbocycles. The summed E-state index contributed by atoms with van der Waals surface area (Å²) in [4.78, 5) is 12.8. The molecule has 6 heteroatoms. The lowest BCUT2D eigenvalue weighted by Gasteiger charge is -2.24. The normalized spacial score (nSPS) is 17.3. The fraction of sp³-hybridized carbons (Fsp3) is 0.394. The van der Waals surface area contributed by atoms with Crippen molar-refractivity contribution in [1.82, 2.24) is 9.47 Å². The summed E-state index contributed by atoms with van der Waals surface area (Å²) in [5, 5.41) is 9.38. The number of likely N-dealkylation sites (N-methyl/N-ethyl adjacent to an activating group) is 1. The number of benzene rings is 3. The van der Waals surface area contributed by atoms with Crippen LogP contribution in [0.5, 0.6) is 0 Å². The highest BCUT2D eigenvalue weighted by Crippen LogP contribution is 2.35. The molecule has 0 radical (unpaired) electrons. The van der Waals surface area contributed by atoms with Crippen LogP contribution in [-0.4, -0.2) is 36.1 Å². The van der Waals surface area contributed by atoms with Crippen molar-refractivity contribution in [2.75, 3.05) is 37.0 Å². The number of nitrogens with zero attached hydrogens (tertiary/aromatic N) is 4. The third-order valence-corrected chi connectivity index (χ3v) is 8.51. The van der Waals surface area contributed by atoms with Crippen LogP contribution in [0.4, 0.5) is 11.4 Å². The Kier molecular flexibility index (Phi) is 7.64. The minimum absolute atomic E-state index is 0.751. The van der Waals surface area contributed by atoms with E-state index in [4.69, 9.17) is 0 Å². The van der Waals surface area contributed by atoms with Gasteiger partial charge in [-0.3, -0.25) is 0 Å². The highest BCUT2D eigenvalue weighted by atomic mass is 16.3. The van der Waals surface area contributed by atoms with Gasteiger partial charge in [0, 0.05) is 55.9 Å².